The van der Waals surface area contributed by atoms with E-state index >= 15 is 0 Å². The van der Waals surface area contributed by atoms with Crippen LogP contribution in [0.2, 0.25) is 0 Å². The molecule has 1 N–H and O–H groups in total. The zero-order valence-electron chi connectivity index (χ0n) is 18.2. The van der Waals surface area contributed by atoms with Crippen molar-refractivity contribution in [1.82, 2.24) is 14.9 Å². The average molecular weight is 427 g/mol. The summed E-state index contributed by atoms with van der Waals surface area (Å²) < 4.78 is 1.89. The van der Waals surface area contributed by atoms with Crippen LogP contribution >= 0.6 is 0 Å². The van der Waals surface area contributed by atoms with E-state index in [-0.39, 0.29) is 24.4 Å². The van der Waals surface area contributed by atoms with Crippen molar-refractivity contribution in [2.75, 3.05) is 11.9 Å². The van der Waals surface area contributed by atoms with E-state index in [2.05, 4.69) is 5.32 Å². The van der Waals surface area contributed by atoms with Gasteiger partial charge < -0.3 is 14.8 Å². The standard InChI is InChI=1S/C26H26N4O2/c1-19(27-24(31)17-20-11-5-3-6-12-20)26-28-22-15-9-10-16-23(22)30(26)18-25(32)29(2)21-13-7-4-8-14-21/h3-16,19H,17-18H2,1-2H3,(H,27,31). The predicted octanol–water partition coefficient (Wildman–Crippen LogP) is 4.12. The first-order chi connectivity index (χ1) is 15.5. The van der Waals surface area contributed by atoms with E-state index in [0.29, 0.717) is 12.2 Å². The Bertz CT molecular complexity index is 1220. The van der Waals surface area contributed by atoms with Crippen LogP contribution in [0.1, 0.15) is 24.4 Å². The quantitative estimate of drug-likeness (QED) is 0.483. The Labute approximate surface area is 187 Å². The lowest BCUT2D eigenvalue weighted by Gasteiger charge is -2.20. The average Bonchev–Trinajstić information content (AvgIpc) is 3.18. The molecule has 0 aliphatic carbocycles. The second kappa shape index (κ2) is 9.47. The van der Waals surface area contributed by atoms with Crippen LogP contribution in [-0.4, -0.2) is 28.4 Å². The number of para-hydroxylation sites is 3. The second-order valence-corrected chi connectivity index (χ2v) is 7.78. The van der Waals surface area contributed by atoms with Crippen molar-refractivity contribution in [3.63, 3.8) is 0 Å². The monoisotopic (exact) mass is 426 g/mol. The summed E-state index contributed by atoms with van der Waals surface area (Å²) in [5, 5.41) is 3.03. The number of hydrogen-bond acceptors (Lipinski definition) is 3. The van der Waals surface area contributed by atoms with Gasteiger partial charge in [0, 0.05) is 12.7 Å². The summed E-state index contributed by atoms with van der Waals surface area (Å²) in [6.07, 6.45) is 0.293. The van der Waals surface area contributed by atoms with Crippen molar-refractivity contribution in [2.45, 2.75) is 25.9 Å². The van der Waals surface area contributed by atoms with Gasteiger partial charge >= 0.3 is 0 Å². The van der Waals surface area contributed by atoms with Crippen LogP contribution in [-0.2, 0) is 22.6 Å². The minimum Gasteiger partial charge on any atom is -0.346 e. The van der Waals surface area contributed by atoms with Gasteiger partial charge in [0.05, 0.1) is 23.5 Å². The molecule has 0 bridgehead atoms. The number of anilines is 1. The van der Waals surface area contributed by atoms with Crippen LogP contribution in [0, 0.1) is 0 Å². The minimum atomic E-state index is -0.353. The van der Waals surface area contributed by atoms with Gasteiger partial charge in [-0.05, 0) is 36.8 Å². The predicted molar refractivity (Wildman–Crippen MR) is 126 cm³/mol. The van der Waals surface area contributed by atoms with Crippen LogP contribution < -0.4 is 10.2 Å². The Morgan fingerprint density at radius 1 is 0.938 bits per heavy atom. The number of nitrogens with one attached hydrogen (secondary N) is 1. The lowest BCUT2D eigenvalue weighted by Crippen LogP contribution is -2.33. The Balaban J connectivity index is 1.57. The first-order valence-electron chi connectivity index (χ1n) is 10.6. The molecule has 0 saturated carbocycles. The third kappa shape index (κ3) is 4.70. The van der Waals surface area contributed by atoms with Gasteiger partial charge in [0.15, 0.2) is 0 Å². The van der Waals surface area contributed by atoms with Crippen LogP contribution in [0.4, 0.5) is 5.69 Å². The number of likely N-dealkylation sites (N-methyl/N-ethyl adjacent to an activating group) is 1. The fourth-order valence-corrected chi connectivity index (χ4v) is 3.77. The van der Waals surface area contributed by atoms with Crippen LogP contribution in [0.3, 0.4) is 0 Å². The number of carbonyl (C=O) groups excluding carboxylic acids is 2. The van der Waals surface area contributed by atoms with E-state index in [1.54, 1.807) is 11.9 Å². The molecule has 1 unspecified atom stereocenters. The van der Waals surface area contributed by atoms with Crippen molar-refractivity contribution < 1.29 is 9.59 Å². The third-order valence-electron chi connectivity index (χ3n) is 5.47. The largest absolute Gasteiger partial charge is 0.346 e. The van der Waals surface area contributed by atoms with E-state index in [9.17, 15) is 9.59 Å². The summed E-state index contributed by atoms with van der Waals surface area (Å²) in [6.45, 7) is 2.02. The van der Waals surface area contributed by atoms with Gasteiger partial charge in [-0.15, -0.1) is 0 Å². The van der Waals surface area contributed by atoms with E-state index in [1.165, 1.54) is 0 Å². The minimum absolute atomic E-state index is 0.0663. The lowest BCUT2D eigenvalue weighted by molar-refractivity contribution is -0.121. The first-order valence-corrected chi connectivity index (χ1v) is 10.6. The maximum absolute atomic E-state index is 13.1. The molecule has 0 spiro atoms. The highest BCUT2D eigenvalue weighted by Gasteiger charge is 2.21. The maximum atomic E-state index is 13.1. The summed E-state index contributed by atoms with van der Waals surface area (Å²) in [5.74, 6) is 0.501. The zero-order valence-corrected chi connectivity index (χ0v) is 18.2. The molecule has 32 heavy (non-hydrogen) atoms. The maximum Gasteiger partial charge on any atom is 0.246 e. The number of amides is 2. The molecule has 6 nitrogen and oxygen atoms in total. The van der Waals surface area contributed by atoms with Gasteiger partial charge in [-0.25, -0.2) is 4.98 Å². The Kier molecular flexibility index (Phi) is 6.31. The Morgan fingerprint density at radius 2 is 1.56 bits per heavy atom. The molecule has 0 radical (unpaired) electrons. The molecule has 0 fully saturated rings. The first kappa shape index (κ1) is 21.3. The molecule has 3 aromatic carbocycles. The zero-order chi connectivity index (χ0) is 22.5. The van der Waals surface area contributed by atoms with Crippen LogP contribution in [0.15, 0.2) is 84.9 Å². The van der Waals surface area contributed by atoms with E-state index in [1.807, 2.05) is 96.4 Å². The van der Waals surface area contributed by atoms with Gasteiger partial charge in [-0.1, -0.05) is 60.7 Å². The number of imidazole rings is 1. The highest BCUT2D eigenvalue weighted by atomic mass is 16.2. The number of fused-ring (bicyclic) bond motifs is 1. The molecular formula is C26H26N4O2. The fourth-order valence-electron chi connectivity index (χ4n) is 3.77. The number of nitrogens with zero attached hydrogens (tertiary/aromatic N) is 3. The van der Waals surface area contributed by atoms with E-state index in [4.69, 9.17) is 4.98 Å². The Hall–Kier alpha value is -3.93. The number of carbonyl (C=O) groups is 2. The molecular weight excluding hydrogens is 400 g/mol. The smallest absolute Gasteiger partial charge is 0.246 e. The molecule has 0 saturated heterocycles. The van der Waals surface area contributed by atoms with Crippen molar-refractivity contribution in [2.24, 2.45) is 0 Å². The topological polar surface area (TPSA) is 67.2 Å². The van der Waals surface area contributed by atoms with Gasteiger partial charge in [-0.3, -0.25) is 9.59 Å². The van der Waals surface area contributed by atoms with Crippen molar-refractivity contribution in [3.05, 3.63) is 96.3 Å². The second-order valence-electron chi connectivity index (χ2n) is 7.78. The van der Waals surface area contributed by atoms with Gasteiger partial charge in [-0.2, -0.15) is 0 Å². The number of benzene rings is 3. The molecule has 1 heterocycles. The van der Waals surface area contributed by atoms with E-state index < -0.39 is 0 Å². The van der Waals surface area contributed by atoms with Crippen LogP contribution in [0.25, 0.3) is 11.0 Å². The summed E-state index contributed by atoms with van der Waals surface area (Å²) in [7, 11) is 1.77. The SMILES string of the molecule is CC(NC(=O)Cc1ccccc1)c1nc2ccccc2n1CC(=O)N(C)c1ccccc1. The molecule has 4 rings (SSSR count). The summed E-state index contributed by atoms with van der Waals surface area (Å²) in [4.78, 5) is 32.1. The van der Waals surface area contributed by atoms with Gasteiger partial charge in [0.1, 0.15) is 12.4 Å². The molecule has 1 aromatic heterocycles. The third-order valence-corrected chi connectivity index (χ3v) is 5.47. The fraction of sp³-hybridized carbons (Fsp3) is 0.192. The molecule has 6 heteroatoms. The van der Waals surface area contributed by atoms with E-state index in [0.717, 1.165) is 22.3 Å². The normalized spacial score (nSPS) is 11.8. The molecule has 0 aliphatic rings. The van der Waals surface area contributed by atoms with Crippen molar-refractivity contribution in [3.8, 4) is 0 Å². The number of hydrogen-bond donors (Lipinski definition) is 1. The summed E-state index contributed by atoms with van der Waals surface area (Å²) >= 11 is 0. The summed E-state index contributed by atoms with van der Waals surface area (Å²) in [6, 6.07) is 26.5. The molecule has 2 amide bonds. The molecule has 4 aromatic rings. The highest BCUT2D eigenvalue weighted by Crippen LogP contribution is 2.22. The number of aromatic nitrogens is 2. The van der Waals surface area contributed by atoms with Crippen molar-refractivity contribution in [1.29, 1.82) is 0 Å². The molecule has 1 atom stereocenters. The molecule has 0 aliphatic heterocycles. The van der Waals surface area contributed by atoms with Gasteiger partial charge in [0.25, 0.3) is 0 Å². The lowest BCUT2D eigenvalue weighted by atomic mass is 10.1. The molecule has 162 valence electrons. The van der Waals surface area contributed by atoms with Crippen molar-refractivity contribution >= 4 is 28.5 Å². The number of rotatable bonds is 7. The van der Waals surface area contributed by atoms with Gasteiger partial charge in [0.2, 0.25) is 11.8 Å². The highest BCUT2D eigenvalue weighted by molar-refractivity contribution is 5.93. The Morgan fingerprint density at radius 3 is 2.28 bits per heavy atom. The summed E-state index contributed by atoms with van der Waals surface area (Å²) in [5.41, 5.74) is 3.43. The van der Waals surface area contributed by atoms with Crippen LogP contribution in [0.5, 0.6) is 0 Å².